The summed E-state index contributed by atoms with van der Waals surface area (Å²) in [5.74, 6) is -0.785. The van der Waals surface area contributed by atoms with Gasteiger partial charge in [-0.1, -0.05) is 17.7 Å². The largest absolute Gasteiger partial charge is 0.462 e. The fourth-order valence-corrected chi connectivity index (χ4v) is 3.10. The highest BCUT2D eigenvalue weighted by atomic mass is 35.5. The Morgan fingerprint density at radius 1 is 1.21 bits per heavy atom. The zero-order valence-corrected chi connectivity index (χ0v) is 15.2. The molecular weight excluding hydrogens is 328 g/mol. The molecule has 6 heteroatoms. The first-order chi connectivity index (χ1) is 11.3. The number of nitrogens with one attached hydrogen (secondary N) is 2. The van der Waals surface area contributed by atoms with Crippen LogP contribution in [0.5, 0.6) is 0 Å². The summed E-state index contributed by atoms with van der Waals surface area (Å²) in [5.41, 5.74) is 4.34. The van der Waals surface area contributed by atoms with E-state index >= 15 is 0 Å². The zero-order valence-electron chi connectivity index (χ0n) is 14.5. The monoisotopic (exact) mass is 348 g/mol. The molecule has 128 valence electrons. The first kappa shape index (κ1) is 18.1. The molecule has 2 rings (SSSR count). The van der Waals surface area contributed by atoms with Gasteiger partial charge < -0.3 is 15.0 Å². The van der Waals surface area contributed by atoms with Crippen LogP contribution in [-0.2, 0) is 4.74 Å². The highest BCUT2D eigenvalue weighted by Gasteiger charge is 2.23. The lowest BCUT2D eigenvalue weighted by Gasteiger charge is -2.11. The van der Waals surface area contributed by atoms with Crippen LogP contribution in [0.2, 0.25) is 5.02 Å². The van der Waals surface area contributed by atoms with Gasteiger partial charge in [-0.3, -0.25) is 4.79 Å². The van der Waals surface area contributed by atoms with Gasteiger partial charge in [-0.25, -0.2) is 4.79 Å². The summed E-state index contributed by atoms with van der Waals surface area (Å²) < 4.78 is 5.04. The van der Waals surface area contributed by atoms with Crippen molar-refractivity contribution in [3.63, 3.8) is 0 Å². The Bertz CT molecular complexity index is 786. The van der Waals surface area contributed by atoms with Crippen LogP contribution in [0.25, 0.3) is 0 Å². The lowest BCUT2D eigenvalue weighted by atomic mass is 10.1. The minimum atomic E-state index is -0.438. The fourth-order valence-electron chi connectivity index (χ4n) is 2.74. The number of carbonyl (C=O) groups is 2. The van der Waals surface area contributed by atoms with Crippen molar-refractivity contribution in [3.05, 3.63) is 50.8 Å². The van der Waals surface area contributed by atoms with E-state index in [1.54, 1.807) is 26.8 Å². The van der Waals surface area contributed by atoms with E-state index in [9.17, 15) is 9.59 Å². The van der Waals surface area contributed by atoms with Crippen molar-refractivity contribution in [3.8, 4) is 0 Å². The first-order valence-corrected chi connectivity index (χ1v) is 8.08. The van der Waals surface area contributed by atoms with Crippen LogP contribution in [0.3, 0.4) is 0 Å². The molecule has 2 aromatic rings. The number of benzene rings is 1. The molecule has 0 aliphatic heterocycles. The minimum Gasteiger partial charge on any atom is -0.462 e. The number of aryl methyl sites for hydroxylation is 3. The van der Waals surface area contributed by atoms with E-state index in [2.05, 4.69) is 10.3 Å². The van der Waals surface area contributed by atoms with Gasteiger partial charge in [0.1, 0.15) is 5.69 Å². The van der Waals surface area contributed by atoms with Gasteiger partial charge in [0.15, 0.2) is 0 Å². The molecule has 2 N–H and O–H groups in total. The molecule has 0 saturated heterocycles. The van der Waals surface area contributed by atoms with Gasteiger partial charge in [-0.05, 0) is 57.4 Å². The van der Waals surface area contributed by atoms with Crippen LogP contribution in [-0.4, -0.2) is 23.5 Å². The second-order valence-electron chi connectivity index (χ2n) is 5.74. The lowest BCUT2D eigenvalue weighted by Crippen LogP contribution is -2.15. The Hall–Kier alpha value is -2.27. The Morgan fingerprint density at radius 2 is 1.88 bits per heavy atom. The number of aromatic nitrogens is 1. The summed E-state index contributed by atoms with van der Waals surface area (Å²) in [4.78, 5) is 27.6. The predicted octanol–water partition coefficient (Wildman–Crippen LogP) is 4.33. The number of esters is 1. The number of aromatic amines is 1. The van der Waals surface area contributed by atoms with Crippen molar-refractivity contribution in [1.29, 1.82) is 0 Å². The minimum absolute atomic E-state index is 0.280. The number of rotatable bonds is 4. The van der Waals surface area contributed by atoms with Gasteiger partial charge in [-0.2, -0.15) is 0 Å². The molecule has 0 radical (unpaired) electrons. The molecule has 1 heterocycles. The Kier molecular flexibility index (Phi) is 5.34. The van der Waals surface area contributed by atoms with E-state index in [1.165, 1.54) is 0 Å². The van der Waals surface area contributed by atoms with E-state index < -0.39 is 5.97 Å². The number of H-pyrrole nitrogens is 1. The normalized spacial score (nSPS) is 10.6. The number of halogens is 1. The third-order valence-corrected chi connectivity index (χ3v) is 4.11. The molecule has 0 aliphatic carbocycles. The summed E-state index contributed by atoms with van der Waals surface area (Å²) in [7, 11) is 0. The number of carbonyl (C=O) groups excluding carboxylic acids is 2. The van der Waals surface area contributed by atoms with Crippen molar-refractivity contribution >= 4 is 29.2 Å². The Morgan fingerprint density at radius 3 is 2.46 bits per heavy atom. The van der Waals surface area contributed by atoms with Crippen LogP contribution in [0.15, 0.2) is 12.1 Å². The van der Waals surface area contributed by atoms with E-state index in [-0.39, 0.29) is 12.5 Å². The number of anilines is 1. The SMILES string of the molecule is CCOC(=O)c1c(C)[nH]c(C(=O)Nc2c(C)cc(C)cc2Cl)c1C. The average molecular weight is 349 g/mol. The maximum Gasteiger partial charge on any atom is 0.340 e. The standard InChI is InChI=1S/C18H21ClN2O3/c1-6-24-18(23)14-11(4)16(20-12(14)5)17(22)21-15-10(3)7-9(2)8-13(15)19/h7-8,20H,6H2,1-5H3,(H,21,22). The van der Waals surface area contributed by atoms with Crippen LogP contribution < -0.4 is 5.32 Å². The lowest BCUT2D eigenvalue weighted by molar-refractivity contribution is 0.0525. The smallest absolute Gasteiger partial charge is 0.340 e. The van der Waals surface area contributed by atoms with Gasteiger partial charge in [-0.15, -0.1) is 0 Å². The molecule has 0 spiro atoms. The van der Waals surface area contributed by atoms with Gasteiger partial charge >= 0.3 is 5.97 Å². The second-order valence-corrected chi connectivity index (χ2v) is 6.15. The number of hydrogen-bond acceptors (Lipinski definition) is 3. The molecule has 0 saturated carbocycles. The van der Waals surface area contributed by atoms with Crippen LogP contribution in [0.1, 0.15) is 50.2 Å². The molecule has 0 unspecified atom stereocenters. The molecule has 1 amide bonds. The third-order valence-electron chi connectivity index (χ3n) is 3.81. The molecule has 0 atom stereocenters. The molecule has 5 nitrogen and oxygen atoms in total. The van der Waals surface area contributed by atoms with Gasteiger partial charge in [0.05, 0.1) is 22.9 Å². The highest BCUT2D eigenvalue weighted by Crippen LogP contribution is 2.28. The molecular formula is C18H21ClN2O3. The van der Waals surface area contributed by atoms with E-state index in [1.807, 2.05) is 19.9 Å². The number of ether oxygens (including phenoxy) is 1. The van der Waals surface area contributed by atoms with Crippen molar-refractivity contribution in [2.45, 2.75) is 34.6 Å². The molecule has 1 aromatic carbocycles. The van der Waals surface area contributed by atoms with Crippen LogP contribution in [0.4, 0.5) is 5.69 Å². The van der Waals surface area contributed by atoms with Crippen LogP contribution in [0, 0.1) is 27.7 Å². The summed E-state index contributed by atoms with van der Waals surface area (Å²) in [6, 6.07) is 3.74. The van der Waals surface area contributed by atoms with Crippen molar-refractivity contribution < 1.29 is 14.3 Å². The summed E-state index contributed by atoms with van der Waals surface area (Å²) in [5, 5.41) is 3.30. The topological polar surface area (TPSA) is 71.2 Å². The van der Waals surface area contributed by atoms with E-state index in [0.29, 0.717) is 33.2 Å². The summed E-state index contributed by atoms with van der Waals surface area (Å²) in [6.07, 6.45) is 0. The maximum atomic E-state index is 12.6. The zero-order chi connectivity index (χ0) is 18.0. The van der Waals surface area contributed by atoms with Gasteiger partial charge in [0, 0.05) is 5.69 Å². The first-order valence-electron chi connectivity index (χ1n) is 7.70. The van der Waals surface area contributed by atoms with Crippen molar-refractivity contribution in [1.82, 2.24) is 4.98 Å². The van der Waals surface area contributed by atoms with Gasteiger partial charge in [0.2, 0.25) is 0 Å². The number of amides is 1. The molecule has 24 heavy (non-hydrogen) atoms. The summed E-state index contributed by atoms with van der Waals surface area (Å²) in [6.45, 7) is 9.29. The summed E-state index contributed by atoms with van der Waals surface area (Å²) >= 11 is 6.24. The predicted molar refractivity (Wildman–Crippen MR) is 95.1 cm³/mol. The molecule has 0 aliphatic rings. The Labute approximate surface area is 146 Å². The molecule has 0 bridgehead atoms. The number of hydrogen-bond donors (Lipinski definition) is 2. The van der Waals surface area contributed by atoms with Gasteiger partial charge in [0.25, 0.3) is 5.91 Å². The second kappa shape index (κ2) is 7.09. The van der Waals surface area contributed by atoms with E-state index in [4.69, 9.17) is 16.3 Å². The fraction of sp³-hybridized carbons (Fsp3) is 0.333. The quantitative estimate of drug-likeness (QED) is 0.808. The van der Waals surface area contributed by atoms with Crippen molar-refractivity contribution in [2.24, 2.45) is 0 Å². The Balaban J connectivity index is 2.35. The van der Waals surface area contributed by atoms with Crippen molar-refractivity contribution in [2.75, 3.05) is 11.9 Å². The highest BCUT2D eigenvalue weighted by molar-refractivity contribution is 6.34. The average Bonchev–Trinajstić information content (AvgIpc) is 2.78. The molecule has 1 aromatic heterocycles. The third kappa shape index (κ3) is 3.46. The maximum absolute atomic E-state index is 12.6. The molecule has 0 fully saturated rings. The van der Waals surface area contributed by atoms with Crippen LogP contribution >= 0.6 is 11.6 Å². The van der Waals surface area contributed by atoms with E-state index in [0.717, 1.165) is 11.1 Å².